The Kier molecular flexibility index (Phi) is 7.83. The first kappa shape index (κ1) is 25.6. The second-order valence-electron chi connectivity index (χ2n) is 8.92. The molecule has 0 spiro atoms. The van der Waals surface area contributed by atoms with E-state index in [1.165, 1.54) is 26.9 Å². The van der Waals surface area contributed by atoms with E-state index in [0.29, 0.717) is 37.4 Å². The number of nitrogens with zero attached hydrogens (tertiary/aromatic N) is 3. The fourth-order valence-corrected chi connectivity index (χ4v) is 5.54. The standard InChI is InChI=1S/C27H30N4O4S/c1-29(2)27(33)22-11-13-24(14-12-22)28-26(32)23-9-6-10-25(19-23)36(34,35)31-17-15-30(16-18-31)20-21-7-4-3-5-8-21/h3-14,19H,15-18,20H2,1-2H3,(H,28,32). The number of carbonyl (C=O) groups excluding carboxylic acids is 2. The molecule has 188 valence electrons. The molecule has 3 aromatic carbocycles. The number of hydrogen-bond acceptors (Lipinski definition) is 5. The Morgan fingerprint density at radius 3 is 2.14 bits per heavy atom. The SMILES string of the molecule is CN(C)C(=O)c1ccc(NC(=O)c2cccc(S(=O)(=O)N3CCN(Cc4ccccc4)CC3)c2)cc1. The van der Waals surface area contributed by atoms with Crippen LogP contribution in [-0.4, -0.2) is 74.6 Å². The summed E-state index contributed by atoms with van der Waals surface area (Å²) in [5.41, 5.74) is 2.46. The van der Waals surface area contributed by atoms with E-state index in [-0.39, 0.29) is 16.4 Å². The van der Waals surface area contributed by atoms with Crippen LogP contribution in [0.4, 0.5) is 5.69 Å². The van der Waals surface area contributed by atoms with Gasteiger partial charge in [-0.15, -0.1) is 0 Å². The summed E-state index contributed by atoms with van der Waals surface area (Å²) >= 11 is 0. The zero-order chi connectivity index (χ0) is 25.7. The molecule has 0 aliphatic carbocycles. The summed E-state index contributed by atoms with van der Waals surface area (Å²) < 4.78 is 28.0. The van der Waals surface area contributed by atoms with Crippen LogP contribution < -0.4 is 5.32 Å². The second kappa shape index (κ2) is 11.0. The highest BCUT2D eigenvalue weighted by molar-refractivity contribution is 7.89. The van der Waals surface area contributed by atoms with Gasteiger partial charge in [0.25, 0.3) is 11.8 Å². The minimum Gasteiger partial charge on any atom is -0.345 e. The minimum absolute atomic E-state index is 0.0959. The van der Waals surface area contributed by atoms with Crippen LogP contribution in [0.3, 0.4) is 0 Å². The smallest absolute Gasteiger partial charge is 0.255 e. The van der Waals surface area contributed by atoms with Gasteiger partial charge in [0, 0.05) is 63.6 Å². The molecule has 0 saturated carbocycles. The summed E-state index contributed by atoms with van der Waals surface area (Å²) in [5.74, 6) is -0.557. The molecule has 1 aliphatic heterocycles. The largest absolute Gasteiger partial charge is 0.345 e. The van der Waals surface area contributed by atoms with Gasteiger partial charge in [-0.05, 0) is 48.0 Å². The van der Waals surface area contributed by atoms with E-state index in [1.807, 2.05) is 18.2 Å². The molecule has 0 atom stereocenters. The predicted molar refractivity (Wildman–Crippen MR) is 139 cm³/mol. The molecule has 2 amide bonds. The van der Waals surface area contributed by atoms with Gasteiger partial charge in [0.1, 0.15) is 0 Å². The summed E-state index contributed by atoms with van der Waals surface area (Å²) in [6.45, 7) is 2.85. The lowest BCUT2D eigenvalue weighted by Gasteiger charge is -2.34. The van der Waals surface area contributed by atoms with Crippen LogP contribution in [0.15, 0.2) is 83.8 Å². The lowest BCUT2D eigenvalue weighted by molar-refractivity contribution is 0.0827. The van der Waals surface area contributed by atoms with E-state index >= 15 is 0 Å². The highest BCUT2D eigenvalue weighted by Gasteiger charge is 2.29. The van der Waals surface area contributed by atoms with Crippen molar-refractivity contribution in [3.05, 3.63) is 95.6 Å². The van der Waals surface area contributed by atoms with Gasteiger partial charge in [0.15, 0.2) is 0 Å². The van der Waals surface area contributed by atoms with Crippen molar-refractivity contribution in [3.8, 4) is 0 Å². The number of hydrogen-bond donors (Lipinski definition) is 1. The van der Waals surface area contributed by atoms with E-state index in [4.69, 9.17) is 0 Å². The highest BCUT2D eigenvalue weighted by atomic mass is 32.2. The average molecular weight is 507 g/mol. The van der Waals surface area contributed by atoms with E-state index in [1.54, 1.807) is 50.5 Å². The van der Waals surface area contributed by atoms with Crippen molar-refractivity contribution in [2.24, 2.45) is 0 Å². The van der Waals surface area contributed by atoms with Gasteiger partial charge >= 0.3 is 0 Å². The van der Waals surface area contributed by atoms with Crippen LogP contribution >= 0.6 is 0 Å². The quantitative estimate of drug-likeness (QED) is 0.532. The number of piperazine rings is 1. The summed E-state index contributed by atoms with van der Waals surface area (Å²) in [4.78, 5) is 28.7. The molecule has 1 saturated heterocycles. The van der Waals surface area contributed by atoms with Crippen molar-refractivity contribution in [1.82, 2.24) is 14.1 Å². The van der Waals surface area contributed by atoms with E-state index in [9.17, 15) is 18.0 Å². The molecule has 0 aromatic heterocycles. The van der Waals surface area contributed by atoms with Crippen molar-refractivity contribution in [3.63, 3.8) is 0 Å². The van der Waals surface area contributed by atoms with E-state index in [2.05, 4.69) is 22.3 Å². The minimum atomic E-state index is -3.73. The number of benzene rings is 3. The molecule has 0 unspecified atom stereocenters. The Hall–Kier alpha value is -3.53. The summed E-state index contributed by atoms with van der Waals surface area (Å²) in [7, 11) is -0.385. The number of amides is 2. The topological polar surface area (TPSA) is 90.0 Å². The Bertz CT molecular complexity index is 1320. The molecular weight excluding hydrogens is 476 g/mol. The maximum absolute atomic E-state index is 13.3. The maximum atomic E-state index is 13.3. The lowest BCUT2D eigenvalue weighted by atomic mass is 10.1. The van der Waals surface area contributed by atoms with Gasteiger partial charge in [-0.3, -0.25) is 14.5 Å². The number of nitrogens with one attached hydrogen (secondary N) is 1. The van der Waals surface area contributed by atoms with Crippen LogP contribution in [0.5, 0.6) is 0 Å². The third-order valence-corrected chi connectivity index (χ3v) is 8.00. The molecule has 1 aliphatic rings. The van der Waals surface area contributed by atoms with Crippen molar-refractivity contribution in [2.45, 2.75) is 11.4 Å². The van der Waals surface area contributed by atoms with Crippen molar-refractivity contribution >= 4 is 27.5 Å². The molecule has 0 bridgehead atoms. The maximum Gasteiger partial charge on any atom is 0.255 e. The molecule has 1 fully saturated rings. The highest BCUT2D eigenvalue weighted by Crippen LogP contribution is 2.21. The summed E-state index contributed by atoms with van der Waals surface area (Å²) in [6.07, 6.45) is 0. The van der Waals surface area contributed by atoms with Gasteiger partial charge in [-0.2, -0.15) is 4.31 Å². The van der Waals surface area contributed by atoms with Gasteiger partial charge < -0.3 is 10.2 Å². The molecule has 1 heterocycles. The predicted octanol–water partition coefficient (Wildman–Crippen LogP) is 3.15. The molecule has 8 nitrogen and oxygen atoms in total. The molecular formula is C27H30N4O4S. The van der Waals surface area contributed by atoms with Crippen LogP contribution in [-0.2, 0) is 16.6 Å². The average Bonchev–Trinajstić information content (AvgIpc) is 2.89. The monoisotopic (exact) mass is 506 g/mol. The van der Waals surface area contributed by atoms with Crippen LogP contribution in [0.2, 0.25) is 0 Å². The molecule has 9 heteroatoms. The Balaban J connectivity index is 1.40. The number of rotatable bonds is 7. The van der Waals surface area contributed by atoms with E-state index < -0.39 is 15.9 Å². The fraction of sp³-hybridized carbons (Fsp3) is 0.259. The first-order valence-corrected chi connectivity index (χ1v) is 13.2. The number of anilines is 1. The van der Waals surface area contributed by atoms with Crippen molar-refractivity contribution in [1.29, 1.82) is 0 Å². The van der Waals surface area contributed by atoms with Gasteiger partial charge in [0.2, 0.25) is 10.0 Å². The second-order valence-corrected chi connectivity index (χ2v) is 10.9. The first-order valence-electron chi connectivity index (χ1n) is 11.7. The Morgan fingerprint density at radius 1 is 0.833 bits per heavy atom. The number of sulfonamides is 1. The summed E-state index contributed by atoms with van der Waals surface area (Å²) in [6, 6.07) is 22.8. The zero-order valence-corrected chi connectivity index (χ0v) is 21.2. The molecule has 0 radical (unpaired) electrons. The van der Waals surface area contributed by atoms with Gasteiger partial charge in [0.05, 0.1) is 4.90 Å². The lowest BCUT2D eigenvalue weighted by Crippen LogP contribution is -2.48. The van der Waals surface area contributed by atoms with Crippen molar-refractivity contribution < 1.29 is 18.0 Å². The van der Waals surface area contributed by atoms with Crippen molar-refractivity contribution in [2.75, 3.05) is 45.6 Å². The Morgan fingerprint density at radius 2 is 1.50 bits per heavy atom. The summed E-state index contributed by atoms with van der Waals surface area (Å²) in [5, 5.41) is 2.76. The molecule has 36 heavy (non-hydrogen) atoms. The molecule has 3 aromatic rings. The fourth-order valence-electron chi connectivity index (χ4n) is 4.07. The third kappa shape index (κ3) is 5.99. The van der Waals surface area contributed by atoms with Gasteiger partial charge in [-0.25, -0.2) is 8.42 Å². The van der Waals surface area contributed by atoms with E-state index in [0.717, 1.165) is 6.54 Å². The normalized spacial score (nSPS) is 14.8. The molecule has 4 rings (SSSR count). The third-order valence-electron chi connectivity index (χ3n) is 6.11. The Labute approximate surface area is 212 Å². The molecule has 1 N–H and O–H groups in total. The van der Waals surface area contributed by atoms with Crippen LogP contribution in [0, 0.1) is 0 Å². The zero-order valence-electron chi connectivity index (χ0n) is 20.4. The first-order chi connectivity index (χ1) is 17.2. The van der Waals surface area contributed by atoms with Crippen LogP contribution in [0.25, 0.3) is 0 Å². The van der Waals surface area contributed by atoms with Gasteiger partial charge in [-0.1, -0.05) is 36.4 Å². The van der Waals surface area contributed by atoms with Crippen LogP contribution in [0.1, 0.15) is 26.3 Å². The number of carbonyl (C=O) groups is 2.